The molecule has 0 aromatic carbocycles. The summed E-state index contributed by atoms with van der Waals surface area (Å²) in [5, 5.41) is 10.6. The second-order valence-electron chi connectivity index (χ2n) is 2.62. The van der Waals surface area contributed by atoms with Gasteiger partial charge in [-0.25, -0.2) is 0 Å². The minimum Gasteiger partial charge on any atom is -0.258 e. The molecule has 0 N–H and O–H groups in total. The normalized spacial score (nSPS) is 14.9. The predicted octanol–water partition coefficient (Wildman–Crippen LogP) is 4.85. The number of halogens is 4. The fraction of sp³-hybridized carbons (Fsp3) is 0.429. The van der Waals surface area contributed by atoms with E-state index < -0.39 is 4.92 Å². The maximum absolute atomic E-state index is 10.7. The Labute approximate surface area is 115 Å². The number of nitro groups is 1. The van der Waals surface area contributed by atoms with Crippen molar-refractivity contribution in [1.82, 2.24) is 0 Å². The van der Waals surface area contributed by atoms with E-state index in [1.807, 2.05) is 13.8 Å². The Morgan fingerprint density at radius 2 is 1.87 bits per heavy atom. The van der Waals surface area contributed by atoms with Gasteiger partial charge in [-0.2, -0.15) is 0 Å². The summed E-state index contributed by atoms with van der Waals surface area (Å²) in [7, 11) is 0. The highest BCUT2D eigenvalue weighted by Crippen LogP contribution is 2.36. The van der Waals surface area contributed by atoms with Gasteiger partial charge in [0.1, 0.15) is 8.97 Å². The first kappa shape index (κ1) is 15.6. The summed E-state index contributed by atoms with van der Waals surface area (Å²) < 4.78 is -0.0315. The number of hydrogen-bond acceptors (Lipinski definition) is 3. The predicted molar refractivity (Wildman–Crippen MR) is 70.3 cm³/mol. The molecule has 3 nitrogen and oxygen atoms in total. The molecule has 0 amide bonds. The lowest BCUT2D eigenvalue weighted by Crippen LogP contribution is -2.02. The van der Waals surface area contributed by atoms with Gasteiger partial charge in [-0.05, 0) is 15.9 Å². The number of nitrogens with zero attached hydrogens (tertiary/aromatic N) is 1. The minimum atomic E-state index is -0.663. The second-order valence-corrected chi connectivity index (χ2v) is 6.81. The lowest BCUT2D eigenvalue weighted by molar-refractivity contribution is -0.419. The van der Waals surface area contributed by atoms with Gasteiger partial charge < -0.3 is 0 Å². The van der Waals surface area contributed by atoms with Crippen molar-refractivity contribution in [2.45, 2.75) is 19.1 Å². The number of rotatable bonds is 4. The average molecular weight is 355 g/mol. The summed E-state index contributed by atoms with van der Waals surface area (Å²) in [6, 6.07) is 0. The molecule has 0 radical (unpaired) electrons. The van der Waals surface area contributed by atoms with E-state index in [1.165, 1.54) is 0 Å². The zero-order chi connectivity index (χ0) is 12.2. The van der Waals surface area contributed by atoms with Crippen LogP contribution in [0.3, 0.4) is 0 Å². The maximum Gasteiger partial charge on any atom is 0.314 e. The highest BCUT2D eigenvalue weighted by Gasteiger charge is 2.24. The Balaban J connectivity index is 5.31. The monoisotopic (exact) mass is 353 g/mol. The van der Waals surface area contributed by atoms with Crippen LogP contribution in [0.25, 0.3) is 0 Å². The van der Waals surface area contributed by atoms with Crippen molar-refractivity contribution in [2.75, 3.05) is 0 Å². The Morgan fingerprint density at radius 1 is 1.40 bits per heavy atom. The van der Waals surface area contributed by atoms with Crippen LogP contribution in [0.4, 0.5) is 0 Å². The SMILES string of the molecule is CC(C)S/C(Cl)=C(\C(Cl)=C(\Cl)Br)[N+](=O)[O-]. The van der Waals surface area contributed by atoms with E-state index >= 15 is 0 Å². The molecule has 0 aliphatic heterocycles. The van der Waals surface area contributed by atoms with Crippen molar-refractivity contribution in [3.8, 4) is 0 Å². The van der Waals surface area contributed by atoms with Crippen molar-refractivity contribution in [1.29, 1.82) is 0 Å². The summed E-state index contributed by atoms with van der Waals surface area (Å²) in [4.78, 5) is 10.1. The van der Waals surface area contributed by atoms with Crippen LogP contribution in [0.2, 0.25) is 0 Å². The molecular formula is C7H7BrCl3NO2S. The summed E-state index contributed by atoms with van der Waals surface area (Å²) in [5.74, 6) is 0. The van der Waals surface area contributed by atoms with Crippen LogP contribution in [0, 0.1) is 10.1 Å². The van der Waals surface area contributed by atoms with Crippen LogP contribution in [0.1, 0.15) is 13.8 Å². The molecule has 0 spiro atoms. The topological polar surface area (TPSA) is 43.1 Å². The van der Waals surface area contributed by atoms with Crippen LogP contribution in [-0.2, 0) is 0 Å². The zero-order valence-electron chi connectivity index (χ0n) is 7.76. The molecule has 0 unspecified atom stereocenters. The molecule has 0 saturated heterocycles. The Morgan fingerprint density at radius 3 is 2.13 bits per heavy atom. The number of hydrogen-bond donors (Lipinski definition) is 0. The molecule has 0 aliphatic carbocycles. The van der Waals surface area contributed by atoms with Crippen LogP contribution in [0.5, 0.6) is 0 Å². The van der Waals surface area contributed by atoms with Crippen LogP contribution in [0.15, 0.2) is 19.0 Å². The fourth-order valence-corrected chi connectivity index (χ4v) is 2.54. The second kappa shape index (κ2) is 7.01. The lowest BCUT2D eigenvalue weighted by Gasteiger charge is -2.04. The molecule has 0 aromatic heterocycles. The molecule has 15 heavy (non-hydrogen) atoms. The first-order valence-electron chi connectivity index (χ1n) is 3.69. The Hall–Kier alpha value is 0.580. The van der Waals surface area contributed by atoms with Crippen LogP contribution in [-0.4, -0.2) is 10.2 Å². The summed E-state index contributed by atoms with van der Waals surface area (Å²) in [6.45, 7) is 3.72. The van der Waals surface area contributed by atoms with Crippen LogP contribution >= 0.6 is 62.5 Å². The largest absolute Gasteiger partial charge is 0.314 e. The van der Waals surface area contributed by atoms with E-state index in [-0.39, 0.29) is 24.3 Å². The number of allylic oxidation sites excluding steroid dienone is 1. The molecule has 0 bridgehead atoms. The number of thioether (sulfide) groups is 1. The molecule has 0 rings (SSSR count). The van der Waals surface area contributed by atoms with Crippen LogP contribution < -0.4 is 0 Å². The molecule has 0 saturated carbocycles. The standard InChI is InChI=1S/C7H7BrCl3NO2S/c1-3(2)15-7(11)5(12(13)14)4(9)6(8)10/h3H,1-2H3/b6-4-,7-5+. The molecule has 0 fully saturated rings. The summed E-state index contributed by atoms with van der Waals surface area (Å²) >= 11 is 20.9. The van der Waals surface area contributed by atoms with Crippen molar-refractivity contribution in [2.24, 2.45) is 0 Å². The van der Waals surface area contributed by atoms with Gasteiger partial charge in [0.25, 0.3) is 0 Å². The van der Waals surface area contributed by atoms with Crippen molar-refractivity contribution in [3.05, 3.63) is 29.1 Å². The molecule has 86 valence electrons. The Bertz CT molecular complexity index is 326. The molecule has 8 heteroatoms. The minimum absolute atomic E-state index is 0.0117. The van der Waals surface area contributed by atoms with Gasteiger partial charge in [-0.1, -0.05) is 48.7 Å². The third-order valence-corrected chi connectivity index (χ3v) is 3.68. The van der Waals surface area contributed by atoms with E-state index in [0.29, 0.717) is 0 Å². The zero-order valence-corrected chi connectivity index (χ0v) is 12.4. The highest BCUT2D eigenvalue weighted by molar-refractivity contribution is 9.12. The summed E-state index contributed by atoms with van der Waals surface area (Å²) in [5.41, 5.74) is -0.390. The third kappa shape index (κ3) is 5.45. The van der Waals surface area contributed by atoms with Crippen molar-refractivity contribution in [3.63, 3.8) is 0 Å². The van der Waals surface area contributed by atoms with Gasteiger partial charge in [0.15, 0.2) is 4.36 Å². The quantitative estimate of drug-likeness (QED) is 0.411. The lowest BCUT2D eigenvalue weighted by atomic mass is 10.5. The highest BCUT2D eigenvalue weighted by atomic mass is 79.9. The average Bonchev–Trinajstić information content (AvgIpc) is 2.01. The van der Waals surface area contributed by atoms with Gasteiger partial charge in [0.05, 0.1) is 4.92 Å². The van der Waals surface area contributed by atoms with Gasteiger partial charge in [-0.15, -0.1) is 11.8 Å². The van der Waals surface area contributed by atoms with E-state index in [4.69, 9.17) is 34.8 Å². The molecular weight excluding hydrogens is 348 g/mol. The van der Waals surface area contributed by atoms with Crippen molar-refractivity contribution < 1.29 is 4.92 Å². The fourth-order valence-electron chi connectivity index (χ4n) is 0.590. The Kier molecular flexibility index (Phi) is 7.28. The first-order valence-corrected chi connectivity index (χ1v) is 6.50. The molecule has 0 heterocycles. The van der Waals surface area contributed by atoms with E-state index in [1.54, 1.807) is 0 Å². The van der Waals surface area contributed by atoms with E-state index in [2.05, 4.69) is 15.9 Å². The maximum atomic E-state index is 10.7. The van der Waals surface area contributed by atoms with Gasteiger partial charge in [0.2, 0.25) is 0 Å². The summed E-state index contributed by atoms with van der Waals surface area (Å²) in [6.07, 6.45) is 0. The van der Waals surface area contributed by atoms with E-state index in [0.717, 1.165) is 11.8 Å². The van der Waals surface area contributed by atoms with E-state index in [9.17, 15) is 10.1 Å². The van der Waals surface area contributed by atoms with Crippen molar-refractivity contribution >= 4 is 62.5 Å². The smallest absolute Gasteiger partial charge is 0.258 e. The van der Waals surface area contributed by atoms with Gasteiger partial charge >= 0.3 is 5.70 Å². The van der Waals surface area contributed by atoms with Gasteiger partial charge in [-0.3, -0.25) is 10.1 Å². The van der Waals surface area contributed by atoms with Gasteiger partial charge in [0, 0.05) is 5.25 Å². The third-order valence-electron chi connectivity index (χ3n) is 1.08. The molecule has 0 atom stereocenters. The molecule has 0 aromatic rings. The molecule has 0 aliphatic rings. The first-order chi connectivity index (χ1) is 6.77.